The number of benzene rings is 2. The number of anilines is 1. The van der Waals surface area contributed by atoms with Crippen LogP contribution in [0.1, 0.15) is 11.1 Å². The summed E-state index contributed by atoms with van der Waals surface area (Å²) in [5, 5.41) is 2.41. The monoisotopic (exact) mass is 485 g/mol. The first kappa shape index (κ1) is 23.1. The maximum absolute atomic E-state index is 14.3. The number of ether oxygens (including phenoxy) is 1. The molecule has 0 spiro atoms. The SMILES string of the molecule is COc1cccc(C2=[NH+]C(C(F)(F)F)(C(F)(F)F)c3c(n(-c4ccccc4)c(=O)[nH]c3=O)N2)c1. The average Bonchev–Trinajstić information content (AvgIpc) is 2.77. The fourth-order valence-electron chi connectivity index (χ4n) is 3.73. The summed E-state index contributed by atoms with van der Waals surface area (Å²) in [6, 6.07) is 12.2. The van der Waals surface area contributed by atoms with Crippen molar-refractivity contribution in [1.29, 1.82) is 0 Å². The molecule has 1 aliphatic heterocycles. The first-order valence-corrected chi connectivity index (χ1v) is 9.56. The molecule has 2 aromatic carbocycles. The zero-order valence-corrected chi connectivity index (χ0v) is 17.1. The highest BCUT2D eigenvalue weighted by molar-refractivity contribution is 6.05. The number of H-pyrrole nitrogens is 1. The van der Waals surface area contributed by atoms with Gasteiger partial charge >= 0.3 is 23.6 Å². The summed E-state index contributed by atoms with van der Waals surface area (Å²) in [4.78, 5) is 28.2. The first-order chi connectivity index (χ1) is 15.9. The summed E-state index contributed by atoms with van der Waals surface area (Å²) in [6.07, 6.45) is -12.1. The highest BCUT2D eigenvalue weighted by Gasteiger charge is 2.78. The van der Waals surface area contributed by atoms with Crippen molar-refractivity contribution in [2.24, 2.45) is 0 Å². The number of aromatic nitrogens is 2. The van der Waals surface area contributed by atoms with Gasteiger partial charge in [0.15, 0.2) is 0 Å². The van der Waals surface area contributed by atoms with Crippen molar-refractivity contribution in [3.05, 3.63) is 86.6 Å². The summed E-state index contributed by atoms with van der Waals surface area (Å²) in [5.41, 5.74) is -9.87. The Labute approximate surface area is 186 Å². The molecule has 0 atom stereocenters. The van der Waals surface area contributed by atoms with Gasteiger partial charge in [-0.3, -0.25) is 9.78 Å². The first-order valence-electron chi connectivity index (χ1n) is 9.56. The van der Waals surface area contributed by atoms with E-state index in [0.29, 0.717) is 4.57 Å². The number of hydrogen-bond acceptors (Lipinski definition) is 4. The van der Waals surface area contributed by atoms with Crippen molar-refractivity contribution in [3.8, 4) is 11.4 Å². The standard InChI is InChI=1S/C21H14F6N4O3/c1-34-13-9-5-6-11(10-13)15-28-16-14(19(30-15,20(22,23)24)21(25,26)27)17(32)29-18(33)31(16)12-7-3-2-4-8-12/h2-10H,1H3,(H,28,30)(H,29,32,33)/p+1. The van der Waals surface area contributed by atoms with Crippen LogP contribution >= 0.6 is 0 Å². The molecule has 0 saturated heterocycles. The van der Waals surface area contributed by atoms with Gasteiger partial charge in [0.25, 0.3) is 11.4 Å². The molecule has 34 heavy (non-hydrogen) atoms. The lowest BCUT2D eigenvalue weighted by atomic mass is 9.87. The second-order valence-corrected chi connectivity index (χ2v) is 7.26. The molecule has 0 saturated carbocycles. The van der Waals surface area contributed by atoms with E-state index in [0.717, 1.165) is 0 Å². The number of para-hydroxylation sites is 1. The minimum Gasteiger partial charge on any atom is -0.497 e. The zero-order chi connectivity index (χ0) is 24.9. The quantitative estimate of drug-likeness (QED) is 0.494. The number of rotatable bonds is 3. The van der Waals surface area contributed by atoms with Crippen molar-refractivity contribution < 1.29 is 36.1 Å². The number of aromatic amines is 1. The minimum absolute atomic E-state index is 0.0716. The fourth-order valence-corrected chi connectivity index (χ4v) is 3.73. The van der Waals surface area contributed by atoms with Crippen LogP contribution < -0.4 is 26.3 Å². The highest BCUT2D eigenvalue weighted by Crippen LogP contribution is 2.48. The Kier molecular flexibility index (Phi) is 5.30. The Morgan fingerprint density at radius 2 is 1.59 bits per heavy atom. The second-order valence-electron chi connectivity index (χ2n) is 7.26. The zero-order valence-electron chi connectivity index (χ0n) is 17.1. The van der Waals surface area contributed by atoms with Crippen LogP contribution in [0.2, 0.25) is 0 Å². The molecule has 0 radical (unpaired) electrons. The molecule has 3 aromatic rings. The molecular formula is C21H15F6N4O3+. The van der Waals surface area contributed by atoms with Gasteiger partial charge in [-0.25, -0.2) is 19.7 Å². The van der Waals surface area contributed by atoms with Gasteiger partial charge in [0.2, 0.25) is 5.82 Å². The molecular weight excluding hydrogens is 470 g/mol. The van der Waals surface area contributed by atoms with Gasteiger partial charge in [0.1, 0.15) is 11.3 Å². The Morgan fingerprint density at radius 1 is 0.941 bits per heavy atom. The van der Waals surface area contributed by atoms with Gasteiger partial charge in [-0.15, -0.1) is 0 Å². The maximum atomic E-state index is 14.3. The smallest absolute Gasteiger partial charge is 0.446 e. The topological polar surface area (TPSA) is 90.1 Å². The number of hydrogen-bond donors (Lipinski definition) is 3. The third-order valence-corrected chi connectivity index (χ3v) is 5.27. The largest absolute Gasteiger partial charge is 0.497 e. The molecule has 0 aliphatic carbocycles. The van der Waals surface area contributed by atoms with Crippen molar-refractivity contribution in [2.75, 3.05) is 12.4 Å². The number of alkyl halides is 6. The van der Waals surface area contributed by atoms with E-state index in [2.05, 4.69) is 5.32 Å². The lowest BCUT2D eigenvalue weighted by Gasteiger charge is -2.35. The van der Waals surface area contributed by atoms with Crippen molar-refractivity contribution >= 4 is 11.7 Å². The van der Waals surface area contributed by atoms with Crippen LogP contribution in [0.3, 0.4) is 0 Å². The molecule has 2 heterocycles. The Bertz CT molecular complexity index is 1380. The van der Waals surface area contributed by atoms with Crippen LogP contribution in [-0.2, 0) is 5.54 Å². The number of fused-ring (bicyclic) bond motifs is 1. The second kappa shape index (κ2) is 7.78. The number of halogens is 6. The molecule has 0 amide bonds. The fraction of sp³-hybridized carbons (Fsp3) is 0.190. The van der Waals surface area contributed by atoms with E-state index < -0.39 is 46.4 Å². The van der Waals surface area contributed by atoms with Gasteiger partial charge in [0, 0.05) is 0 Å². The predicted molar refractivity (Wildman–Crippen MR) is 108 cm³/mol. The number of nitrogens with zero attached hydrogens (tertiary/aromatic N) is 1. The Balaban J connectivity index is 2.17. The van der Waals surface area contributed by atoms with E-state index >= 15 is 0 Å². The lowest BCUT2D eigenvalue weighted by Crippen LogP contribution is -2.97. The van der Waals surface area contributed by atoms with Gasteiger partial charge in [-0.1, -0.05) is 24.3 Å². The Morgan fingerprint density at radius 3 is 2.18 bits per heavy atom. The average molecular weight is 485 g/mol. The van der Waals surface area contributed by atoms with Gasteiger partial charge in [0.05, 0.1) is 18.4 Å². The molecule has 1 aliphatic rings. The molecule has 0 fully saturated rings. The molecule has 1 aromatic heterocycles. The van der Waals surface area contributed by atoms with E-state index in [1.165, 1.54) is 66.7 Å². The number of nitrogens with one attached hydrogen (secondary N) is 3. The third-order valence-electron chi connectivity index (χ3n) is 5.27. The van der Waals surface area contributed by atoms with Crippen molar-refractivity contribution in [1.82, 2.24) is 9.55 Å². The van der Waals surface area contributed by atoms with Crippen molar-refractivity contribution in [3.63, 3.8) is 0 Å². The van der Waals surface area contributed by atoms with Crippen molar-refractivity contribution in [2.45, 2.75) is 17.9 Å². The summed E-state index contributed by atoms with van der Waals surface area (Å²) < 4.78 is 91.5. The normalized spacial score (nSPS) is 15.2. The molecule has 4 rings (SSSR count). The summed E-state index contributed by atoms with van der Waals surface area (Å²) >= 11 is 0. The van der Waals surface area contributed by atoms with Crippen LogP contribution in [0.5, 0.6) is 5.75 Å². The number of methoxy groups -OCH3 is 1. The molecule has 0 unspecified atom stereocenters. The third kappa shape index (κ3) is 3.43. The number of amidine groups is 1. The van der Waals surface area contributed by atoms with Crippen LogP contribution in [-0.4, -0.2) is 34.8 Å². The van der Waals surface area contributed by atoms with Gasteiger partial charge < -0.3 is 4.74 Å². The summed E-state index contributed by atoms with van der Waals surface area (Å²) in [7, 11) is 1.27. The maximum Gasteiger partial charge on any atom is 0.446 e. The molecule has 178 valence electrons. The van der Waals surface area contributed by atoms with Crippen LogP contribution in [0.15, 0.2) is 64.2 Å². The van der Waals surface area contributed by atoms with Gasteiger partial charge in [-0.05, 0) is 30.3 Å². The van der Waals surface area contributed by atoms with Crippen LogP contribution in [0.4, 0.5) is 32.2 Å². The summed E-state index contributed by atoms with van der Waals surface area (Å²) in [5.74, 6) is -1.57. The highest BCUT2D eigenvalue weighted by atomic mass is 19.4. The minimum atomic E-state index is -6.04. The van der Waals surface area contributed by atoms with E-state index in [1.807, 2.05) is 0 Å². The van der Waals surface area contributed by atoms with Gasteiger partial charge in [-0.2, -0.15) is 26.3 Å². The predicted octanol–water partition coefficient (Wildman–Crippen LogP) is 1.81. The van der Waals surface area contributed by atoms with E-state index in [4.69, 9.17) is 4.74 Å². The van der Waals surface area contributed by atoms with E-state index in [9.17, 15) is 35.9 Å². The van der Waals surface area contributed by atoms with E-state index in [-0.39, 0.29) is 17.0 Å². The molecule has 3 N–H and O–H groups in total. The molecule has 13 heteroatoms. The van der Waals surface area contributed by atoms with Crippen LogP contribution in [0, 0.1) is 0 Å². The lowest BCUT2D eigenvalue weighted by molar-refractivity contribution is -0.658. The molecule has 7 nitrogen and oxygen atoms in total. The Hall–Kier alpha value is -4.03. The van der Waals surface area contributed by atoms with E-state index in [1.54, 1.807) is 4.98 Å². The molecule has 0 bridgehead atoms. The van der Waals surface area contributed by atoms with Crippen LogP contribution in [0.25, 0.3) is 5.69 Å². The summed E-state index contributed by atoms with van der Waals surface area (Å²) in [6.45, 7) is 0.